The highest BCUT2D eigenvalue weighted by molar-refractivity contribution is 5.91. The van der Waals surface area contributed by atoms with Crippen molar-refractivity contribution in [1.82, 2.24) is 4.98 Å². The number of rotatable bonds is 4. The van der Waals surface area contributed by atoms with Crippen molar-refractivity contribution < 1.29 is 31.5 Å². The van der Waals surface area contributed by atoms with Gasteiger partial charge in [-0.3, -0.25) is 4.98 Å². The minimum Gasteiger partial charge on any atom is -0.462 e. The molecule has 1 aromatic rings. The van der Waals surface area contributed by atoms with Crippen molar-refractivity contribution in [3.63, 3.8) is 0 Å². The van der Waals surface area contributed by atoms with Gasteiger partial charge in [-0.1, -0.05) is 0 Å². The van der Waals surface area contributed by atoms with Crippen LogP contribution in [0.1, 0.15) is 40.5 Å². The summed E-state index contributed by atoms with van der Waals surface area (Å²) in [5, 5.41) is 0. The van der Waals surface area contributed by atoms with E-state index in [1.807, 2.05) is 0 Å². The van der Waals surface area contributed by atoms with Crippen molar-refractivity contribution in [3.8, 4) is 0 Å². The summed E-state index contributed by atoms with van der Waals surface area (Å²) in [6.07, 6.45) is -7.92. The Kier molecular flexibility index (Phi) is 4.98. The summed E-state index contributed by atoms with van der Waals surface area (Å²) in [5.74, 6) is -1.09. The molecular formula is C11H11F5N2O2. The summed E-state index contributed by atoms with van der Waals surface area (Å²) in [6, 6.07) is 0. The van der Waals surface area contributed by atoms with Gasteiger partial charge in [-0.05, 0) is 12.5 Å². The second kappa shape index (κ2) is 6.12. The molecule has 1 rings (SSSR count). The van der Waals surface area contributed by atoms with E-state index in [1.54, 1.807) is 0 Å². The lowest BCUT2D eigenvalue weighted by molar-refractivity contribution is -0.140. The van der Waals surface area contributed by atoms with Crippen molar-refractivity contribution in [2.45, 2.75) is 26.1 Å². The van der Waals surface area contributed by atoms with Crippen LogP contribution in [-0.4, -0.2) is 17.6 Å². The molecule has 112 valence electrons. The third kappa shape index (κ3) is 3.21. The molecule has 0 bridgehead atoms. The molecular weight excluding hydrogens is 287 g/mol. The van der Waals surface area contributed by atoms with Gasteiger partial charge in [-0.15, -0.1) is 0 Å². The van der Waals surface area contributed by atoms with Crippen LogP contribution in [-0.2, 0) is 17.5 Å². The van der Waals surface area contributed by atoms with Crippen LogP contribution in [0.25, 0.3) is 0 Å². The smallest absolute Gasteiger partial charge is 0.418 e. The number of nitrogens with zero attached hydrogens (tertiary/aromatic N) is 1. The van der Waals surface area contributed by atoms with Crippen LogP contribution in [0, 0.1) is 0 Å². The number of pyridine rings is 1. The van der Waals surface area contributed by atoms with Crippen molar-refractivity contribution in [2.75, 3.05) is 6.61 Å². The summed E-state index contributed by atoms with van der Waals surface area (Å²) in [6.45, 7) is 0.623. The highest BCUT2D eigenvalue weighted by atomic mass is 19.4. The van der Waals surface area contributed by atoms with Crippen LogP contribution < -0.4 is 5.73 Å². The number of hydrogen-bond donors (Lipinski definition) is 1. The van der Waals surface area contributed by atoms with E-state index in [-0.39, 0.29) is 6.61 Å². The Morgan fingerprint density at radius 2 is 2.05 bits per heavy atom. The predicted molar refractivity (Wildman–Crippen MR) is 58.0 cm³/mol. The molecule has 0 unspecified atom stereocenters. The molecule has 1 aromatic heterocycles. The molecule has 0 amide bonds. The van der Waals surface area contributed by atoms with Crippen molar-refractivity contribution in [2.24, 2.45) is 5.73 Å². The normalized spacial score (nSPS) is 11.8. The van der Waals surface area contributed by atoms with E-state index in [0.29, 0.717) is 6.20 Å². The van der Waals surface area contributed by atoms with Gasteiger partial charge in [0.2, 0.25) is 0 Å². The lowest BCUT2D eigenvalue weighted by Gasteiger charge is -2.18. The molecule has 0 aliphatic carbocycles. The lowest BCUT2D eigenvalue weighted by atomic mass is 10.0. The van der Waals surface area contributed by atoms with Crippen molar-refractivity contribution in [1.29, 1.82) is 0 Å². The molecule has 4 nitrogen and oxygen atoms in total. The number of carbonyl (C=O) groups excluding carboxylic acids is 1. The molecule has 0 spiro atoms. The summed E-state index contributed by atoms with van der Waals surface area (Å²) >= 11 is 0. The molecule has 20 heavy (non-hydrogen) atoms. The van der Waals surface area contributed by atoms with E-state index < -0.39 is 47.5 Å². The number of hydrogen-bond acceptors (Lipinski definition) is 4. The Morgan fingerprint density at radius 1 is 1.45 bits per heavy atom. The maximum absolute atomic E-state index is 12.9. The molecule has 1 heterocycles. The lowest BCUT2D eigenvalue weighted by Crippen LogP contribution is -2.21. The zero-order chi connectivity index (χ0) is 15.5. The molecule has 0 radical (unpaired) electrons. The SMILES string of the molecule is CCOC(=O)c1cnc(C(F)F)c(C(F)(F)F)c1CN. The largest absolute Gasteiger partial charge is 0.462 e. The number of aromatic nitrogens is 1. The van der Waals surface area contributed by atoms with E-state index in [4.69, 9.17) is 5.73 Å². The second-order valence-corrected chi connectivity index (χ2v) is 3.63. The summed E-state index contributed by atoms with van der Waals surface area (Å²) in [7, 11) is 0. The fourth-order valence-corrected chi connectivity index (χ4v) is 1.64. The molecule has 9 heteroatoms. The van der Waals surface area contributed by atoms with Gasteiger partial charge >= 0.3 is 12.1 Å². The van der Waals surface area contributed by atoms with Gasteiger partial charge in [0.05, 0.1) is 17.7 Å². The first kappa shape index (κ1) is 16.3. The third-order valence-electron chi connectivity index (χ3n) is 2.41. The molecule has 0 aromatic carbocycles. The Morgan fingerprint density at radius 3 is 2.45 bits per heavy atom. The van der Waals surface area contributed by atoms with E-state index in [1.165, 1.54) is 6.92 Å². The van der Waals surface area contributed by atoms with Gasteiger partial charge in [0.1, 0.15) is 5.69 Å². The molecule has 0 aliphatic rings. The Balaban J connectivity index is 3.57. The highest BCUT2D eigenvalue weighted by Gasteiger charge is 2.40. The summed E-state index contributed by atoms with van der Waals surface area (Å²) < 4.78 is 68.5. The number of ether oxygens (including phenoxy) is 1. The van der Waals surface area contributed by atoms with Gasteiger partial charge in [0.25, 0.3) is 6.43 Å². The van der Waals surface area contributed by atoms with Crippen LogP contribution in [0.15, 0.2) is 6.20 Å². The van der Waals surface area contributed by atoms with Crippen LogP contribution in [0.5, 0.6) is 0 Å². The van der Waals surface area contributed by atoms with E-state index >= 15 is 0 Å². The number of esters is 1. The second-order valence-electron chi connectivity index (χ2n) is 3.63. The molecule has 0 atom stereocenters. The minimum atomic E-state index is -5.10. The molecule has 2 N–H and O–H groups in total. The van der Waals surface area contributed by atoms with Crippen molar-refractivity contribution >= 4 is 5.97 Å². The zero-order valence-corrected chi connectivity index (χ0v) is 10.3. The van der Waals surface area contributed by atoms with Gasteiger partial charge in [-0.25, -0.2) is 13.6 Å². The minimum absolute atomic E-state index is 0.0825. The van der Waals surface area contributed by atoms with Crippen molar-refractivity contribution in [3.05, 3.63) is 28.6 Å². The Labute approximate surface area is 110 Å². The third-order valence-corrected chi connectivity index (χ3v) is 2.41. The number of carbonyl (C=O) groups is 1. The number of alkyl halides is 5. The van der Waals surface area contributed by atoms with Crippen LogP contribution >= 0.6 is 0 Å². The van der Waals surface area contributed by atoms with E-state index in [2.05, 4.69) is 9.72 Å². The zero-order valence-electron chi connectivity index (χ0n) is 10.3. The maximum Gasteiger partial charge on any atom is 0.418 e. The number of nitrogens with two attached hydrogens (primary N) is 1. The van der Waals surface area contributed by atoms with Gasteiger partial charge in [0.15, 0.2) is 0 Å². The standard InChI is InChI=1S/C11H11F5N2O2/c1-2-20-10(19)6-4-18-8(9(12)13)7(5(6)3-17)11(14,15)16/h4,9H,2-3,17H2,1H3. The fourth-order valence-electron chi connectivity index (χ4n) is 1.64. The maximum atomic E-state index is 12.9. The Hall–Kier alpha value is -1.77. The summed E-state index contributed by atoms with van der Waals surface area (Å²) in [4.78, 5) is 14.5. The quantitative estimate of drug-likeness (QED) is 0.685. The molecule has 0 saturated heterocycles. The average molecular weight is 298 g/mol. The van der Waals surface area contributed by atoms with Crippen LogP contribution in [0.2, 0.25) is 0 Å². The highest BCUT2D eigenvalue weighted by Crippen LogP contribution is 2.38. The topological polar surface area (TPSA) is 65.2 Å². The summed E-state index contributed by atoms with van der Waals surface area (Å²) in [5.41, 5.74) is 0.725. The van der Waals surface area contributed by atoms with Gasteiger partial charge in [0, 0.05) is 12.7 Å². The van der Waals surface area contributed by atoms with E-state index in [0.717, 1.165) is 0 Å². The first-order valence-corrected chi connectivity index (χ1v) is 5.48. The number of halogens is 5. The fraction of sp³-hybridized carbons (Fsp3) is 0.455. The molecule has 0 saturated carbocycles. The van der Waals surface area contributed by atoms with E-state index in [9.17, 15) is 26.7 Å². The van der Waals surface area contributed by atoms with Gasteiger partial charge < -0.3 is 10.5 Å². The Bertz CT molecular complexity index is 502. The van der Waals surface area contributed by atoms with Crippen LogP contribution in [0.3, 0.4) is 0 Å². The predicted octanol–water partition coefficient (Wildman–Crippen LogP) is 2.67. The van der Waals surface area contributed by atoms with Crippen LogP contribution in [0.4, 0.5) is 22.0 Å². The first-order valence-electron chi connectivity index (χ1n) is 5.48. The molecule has 0 aliphatic heterocycles. The van der Waals surface area contributed by atoms with Gasteiger partial charge in [-0.2, -0.15) is 13.2 Å². The first-order chi connectivity index (χ1) is 9.23. The average Bonchev–Trinajstić information content (AvgIpc) is 2.35. The molecule has 0 fully saturated rings. The monoisotopic (exact) mass is 298 g/mol.